The molecule has 0 saturated carbocycles. The Kier molecular flexibility index (Phi) is 6.52. The van der Waals surface area contributed by atoms with Gasteiger partial charge in [-0.25, -0.2) is 0 Å². The molecule has 110 valence electrons. The van der Waals surface area contributed by atoms with Crippen molar-refractivity contribution >= 4 is 17.5 Å². The molecule has 0 aliphatic carbocycles. The van der Waals surface area contributed by atoms with E-state index in [2.05, 4.69) is 5.32 Å². The Morgan fingerprint density at radius 2 is 1.90 bits per heavy atom. The molecular formula is C14H22N4O2. The molecule has 6 heteroatoms. The molecule has 0 atom stereocenters. The molecule has 2 amide bonds. The molecule has 1 aromatic rings. The average Bonchev–Trinajstić information content (AvgIpc) is 2.38. The molecule has 0 aliphatic heterocycles. The molecule has 0 spiro atoms. The van der Waals surface area contributed by atoms with Gasteiger partial charge in [0.1, 0.15) is 0 Å². The Bertz CT molecular complexity index is 445. The zero-order valence-electron chi connectivity index (χ0n) is 11.8. The van der Waals surface area contributed by atoms with E-state index in [-0.39, 0.29) is 12.5 Å². The Labute approximate surface area is 119 Å². The lowest BCUT2D eigenvalue weighted by molar-refractivity contribution is -0.123. The first kappa shape index (κ1) is 16.0. The van der Waals surface area contributed by atoms with Crippen molar-refractivity contribution in [1.29, 1.82) is 0 Å². The second-order valence-corrected chi connectivity index (χ2v) is 4.62. The molecule has 0 saturated heterocycles. The largest absolute Gasteiger partial charge is 0.399 e. The van der Waals surface area contributed by atoms with Gasteiger partial charge in [-0.15, -0.1) is 0 Å². The average molecular weight is 278 g/mol. The summed E-state index contributed by atoms with van der Waals surface area (Å²) in [6, 6.07) is 7.41. The zero-order valence-corrected chi connectivity index (χ0v) is 11.8. The maximum absolute atomic E-state index is 11.5. The summed E-state index contributed by atoms with van der Waals surface area (Å²) >= 11 is 0. The quantitative estimate of drug-likeness (QED) is 0.586. The minimum absolute atomic E-state index is 0.0284. The van der Waals surface area contributed by atoms with Crippen LogP contribution >= 0.6 is 0 Å². The standard InChI is InChI=1S/C14H22N4O2/c1-2-17-14(20)7-8-18(10-13(16)19)9-11-3-5-12(15)6-4-11/h3-6H,2,7-10,15H2,1H3,(H2,16,19)(H,17,20). The zero-order chi connectivity index (χ0) is 15.0. The van der Waals surface area contributed by atoms with E-state index in [1.807, 2.05) is 36.1 Å². The number of rotatable bonds is 8. The fraction of sp³-hybridized carbons (Fsp3) is 0.429. The topological polar surface area (TPSA) is 101 Å². The van der Waals surface area contributed by atoms with E-state index >= 15 is 0 Å². The highest BCUT2D eigenvalue weighted by Gasteiger charge is 2.11. The van der Waals surface area contributed by atoms with Crippen molar-refractivity contribution in [3.63, 3.8) is 0 Å². The van der Waals surface area contributed by atoms with Crippen LogP contribution in [0.2, 0.25) is 0 Å². The van der Waals surface area contributed by atoms with E-state index in [1.54, 1.807) is 0 Å². The summed E-state index contributed by atoms with van der Waals surface area (Å²) in [7, 11) is 0. The van der Waals surface area contributed by atoms with Crippen molar-refractivity contribution in [2.45, 2.75) is 19.9 Å². The maximum atomic E-state index is 11.5. The highest BCUT2D eigenvalue weighted by Crippen LogP contribution is 2.08. The van der Waals surface area contributed by atoms with Gasteiger partial charge in [-0.3, -0.25) is 14.5 Å². The third-order valence-corrected chi connectivity index (χ3v) is 2.79. The predicted molar refractivity (Wildman–Crippen MR) is 78.6 cm³/mol. The number of anilines is 1. The van der Waals surface area contributed by atoms with Gasteiger partial charge in [0.15, 0.2) is 0 Å². The van der Waals surface area contributed by atoms with Gasteiger partial charge in [-0.05, 0) is 24.6 Å². The second-order valence-electron chi connectivity index (χ2n) is 4.62. The van der Waals surface area contributed by atoms with Crippen molar-refractivity contribution in [2.75, 3.05) is 25.4 Å². The number of amides is 2. The molecule has 1 aromatic carbocycles. The first-order valence-corrected chi connectivity index (χ1v) is 6.63. The van der Waals surface area contributed by atoms with Gasteiger partial charge in [0.2, 0.25) is 11.8 Å². The molecule has 0 aliphatic rings. The summed E-state index contributed by atoms with van der Waals surface area (Å²) in [4.78, 5) is 24.4. The summed E-state index contributed by atoms with van der Waals surface area (Å²) < 4.78 is 0. The molecule has 0 bridgehead atoms. The van der Waals surface area contributed by atoms with Gasteiger partial charge in [-0.2, -0.15) is 0 Å². The van der Waals surface area contributed by atoms with Crippen molar-refractivity contribution in [3.8, 4) is 0 Å². The number of benzene rings is 1. The Morgan fingerprint density at radius 3 is 2.45 bits per heavy atom. The maximum Gasteiger partial charge on any atom is 0.231 e. The van der Waals surface area contributed by atoms with Crippen LogP contribution in [0, 0.1) is 0 Å². The first-order chi connectivity index (χ1) is 9.51. The van der Waals surface area contributed by atoms with Crippen LogP contribution in [0.15, 0.2) is 24.3 Å². The Morgan fingerprint density at radius 1 is 1.25 bits per heavy atom. The number of hydrogen-bond donors (Lipinski definition) is 3. The molecule has 0 heterocycles. The molecular weight excluding hydrogens is 256 g/mol. The SMILES string of the molecule is CCNC(=O)CCN(CC(N)=O)Cc1ccc(N)cc1. The number of nitrogens with zero attached hydrogens (tertiary/aromatic N) is 1. The van der Waals surface area contributed by atoms with Gasteiger partial charge in [0.25, 0.3) is 0 Å². The van der Waals surface area contributed by atoms with Gasteiger partial charge in [-0.1, -0.05) is 12.1 Å². The predicted octanol–water partition coefficient (Wildman–Crippen LogP) is 0.0823. The van der Waals surface area contributed by atoms with Gasteiger partial charge >= 0.3 is 0 Å². The number of hydrogen-bond acceptors (Lipinski definition) is 4. The summed E-state index contributed by atoms with van der Waals surface area (Å²) in [5, 5.41) is 2.73. The first-order valence-electron chi connectivity index (χ1n) is 6.63. The summed E-state index contributed by atoms with van der Waals surface area (Å²) in [5.74, 6) is -0.435. The van der Waals surface area contributed by atoms with Crippen LogP contribution in [0.5, 0.6) is 0 Å². The van der Waals surface area contributed by atoms with Crippen molar-refractivity contribution in [3.05, 3.63) is 29.8 Å². The molecule has 6 nitrogen and oxygen atoms in total. The third kappa shape index (κ3) is 6.19. The van der Waals surface area contributed by atoms with Crippen LogP contribution in [-0.4, -0.2) is 36.3 Å². The summed E-state index contributed by atoms with van der Waals surface area (Å²) in [6.07, 6.45) is 0.343. The Balaban J connectivity index is 2.57. The molecule has 0 fully saturated rings. The van der Waals surface area contributed by atoms with Crippen LogP contribution in [0.1, 0.15) is 18.9 Å². The van der Waals surface area contributed by atoms with Crippen molar-refractivity contribution < 1.29 is 9.59 Å². The van der Waals surface area contributed by atoms with E-state index in [9.17, 15) is 9.59 Å². The minimum atomic E-state index is -0.406. The highest BCUT2D eigenvalue weighted by molar-refractivity contribution is 5.77. The van der Waals surface area contributed by atoms with E-state index in [0.29, 0.717) is 31.7 Å². The molecule has 0 aromatic heterocycles. The number of primary amides is 1. The van der Waals surface area contributed by atoms with Gasteiger partial charge in [0.05, 0.1) is 6.54 Å². The van der Waals surface area contributed by atoms with Crippen molar-refractivity contribution in [2.24, 2.45) is 5.73 Å². The lowest BCUT2D eigenvalue weighted by atomic mass is 10.2. The number of nitrogens with one attached hydrogen (secondary N) is 1. The van der Waals surface area contributed by atoms with E-state index in [0.717, 1.165) is 5.56 Å². The summed E-state index contributed by atoms with van der Waals surface area (Å²) in [5.41, 5.74) is 12.6. The van der Waals surface area contributed by atoms with Crippen LogP contribution in [0.25, 0.3) is 0 Å². The fourth-order valence-electron chi connectivity index (χ4n) is 1.86. The minimum Gasteiger partial charge on any atom is -0.399 e. The molecule has 0 unspecified atom stereocenters. The van der Waals surface area contributed by atoms with E-state index in [4.69, 9.17) is 11.5 Å². The number of carbonyl (C=O) groups excluding carboxylic acids is 2. The van der Waals surface area contributed by atoms with Crippen LogP contribution in [-0.2, 0) is 16.1 Å². The number of nitrogens with two attached hydrogens (primary N) is 2. The van der Waals surface area contributed by atoms with Crippen LogP contribution in [0.3, 0.4) is 0 Å². The number of nitrogen functional groups attached to an aromatic ring is 1. The smallest absolute Gasteiger partial charge is 0.231 e. The number of carbonyl (C=O) groups is 2. The third-order valence-electron chi connectivity index (χ3n) is 2.79. The van der Waals surface area contributed by atoms with Gasteiger partial charge in [0, 0.05) is 31.7 Å². The molecule has 20 heavy (non-hydrogen) atoms. The second kappa shape index (κ2) is 8.16. The fourth-order valence-corrected chi connectivity index (χ4v) is 1.86. The summed E-state index contributed by atoms with van der Waals surface area (Å²) in [6.45, 7) is 3.64. The van der Waals surface area contributed by atoms with Crippen LogP contribution in [0.4, 0.5) is 5.69 Å². The molecule has 1 rings (SSSR count). The lowest BCUT2D eigenvalue weighted by Gasteiger charge is -2.20. The van der Waals surface area contributed by atoms with Crippen LogP contribution < -0.4 is 16.8 Å². The van der Waals surface area contributed by atoms with E-state index < -0.39 is 5.91 Å². The Hall–Kier alpha value is -2.08. The lowest BCUT2D eigenvalue weighted by Crippen LogP contribution is -2.36. The van der Waals surface area contributed by atoms with Gasteiger partial charge < -0.3 is 16.8 Å². The van der Waals surface area contributed by atoms with Crippen molar-refractivity contribution in [1.82, 2.24) is 10.2 Å². The monoisotopic (exact) mass is 278 g/mol. The molecule has 5 N–H and O–H groups in total. The molecule has 0 radical (unpaired) electrons. The normalized spacial score (nSPS) is 10.5. The van der Waals surface area contributed by atoms with E-state index in [1.165, 1.54) is 0 Å². The highest BCUT2D eigenvalue weighted by atomic mass is 16.2.